The third-order valence-electron chi connectivity index (χ3n) is 2.21. The molecule has 0 aromatic heterocycles. The van der Waals surface area contributed by atoms with Gasteiger partial charge in [-0.05, 0) is 13.3 Å². The smallest absolute Gasteiger partial charge is 0.346 e. The average Bonchev–Trinajstić information content (AvgIpc) is 2.46. The van der Waals surface area contributed by atoms with Crippen molar-refractivity contribution in [2.75, 3.05) is 6.54 Å². The largest absolute Gasteiger partial charge is 0.405 e. The van der Waals surface area contributed by atoms with E-state index in [9.17, 15) is 18.0 Å². The maximum absolute atomic E-state index is 11.7. The van der Waals surface area contributed by atoms with Gasteiger partial charge in [0.2, 0.25) is 5.91 Å². The van der Waals surface area contributed by atoms with Gasteiger partial charge in [0, 0.05) is 0 Å². The number of carbonyl (C=O) groups excluding carboxylic acids is 1. The van der Waals surface area contributed by atoms with Crippen LogP contribution in [-0.2, 0) is 4.79 Å². The molecule has 14 heavy (non-hydrogen) atoms. The minimum absolute atomic E-state index is 0.173. The van der Waals surface area contributed by atoms with Crippen LogP contribution in [0.15, 0.2) is 0 Å². The van der Waals surface area contributed by atoms with Gasteiger partial charge in [0.25, 0.3) is 0 Å². The summed E-state index contributed by atoms with van der Waals surface area (Å²) in [5.41, 5.74) is -1.10. The van der Waals surface area contributed by atoms with Crippen LogP contribution in [0.25, 0.3) is 0 Å². The van der Waals surface area contributed by atoms with Crippen molar-refractivity contribution in [2.45, 2.75) is 23.9 Å². The Morgan fingerprint density at radius 1 is 1.50 bits per heavy atom. The number of alkyl halides is 5. The van der Waals surface area contributed by atoms with E-state index in [2.05, 4.69) is 0 Å². The van der Waals surface area contributed by atoms with Crippen LogP contribution in [0.1, 0.15) is 13.3 Å². The van der Waals surface area contributed by atoms with Gasteiger partial charge in [-0.3, -0.25) is 4.79 Å². The van der Waals surface area contributed by atoms with Crippen molar-refractivity contribution in [1.82, 2.24) is 5.32 Å². The number of halogens is 5. The first-order chi connectivity index (χ1) is 6.08. The monoisotopic (exact) mass is 249 g/mol. The molecule has 7 heteroatoms. The van der Waals surface area contributed by atoms with Crippen LogP contribution in [-0.4, -0.2) is 23.0 Å². The van der Waals surface area contributed by atoms with Crippen molar-refractivity contribution in [3.63, 3.8) is 0 Å². The number of rotatable bonds is 2. The Morgan fingerprint density at radius 2 is 1.93 bits per heavy atom. The zero-order valence-electron chi connectivity index (χ0n) is 7.21. The molecule has 0 aromatic carbocycles. The third-order valence-corrected chi connectivity index (χ3v) is 3.31. The van der Waals surface area contributed by atoms with Crippen LogP contribution in [0.2, 0.25) is 0 Å². The van der Waals surface area contributed by atoms with E-state index in [1.807, 2.05) is 0 Å². The summed E-state index contributed by atoms with van der Waals surface area (Å²) in [6, 6.07) is 0. The highest BCUT2D eigenvalue weighted by molar-refractivity contribution is 6.53. The molecular weight excluding hydrogens is 242 g/mol. The Labute approximate surface area is 88.7 Å². The maximum Gasteiger partial charge on any atom is 0.405 e. The molecule has 1 N–H and O–H groups in total. The van der Waals surface area contributed by atoms with Gasteiger partial charge in [-0.1, -0.05) is 0 Å². The maximum atomic E-state index is 11.7. The van der Waals surface area contributed by atoms with E-state index in [0.29, 0.717) is 0 Å². The second-order valence-electron chi connectivity index (χ2n) is 3.51. The summed E-state index contributed by atoms with van der Waals surface area (Å²) < 4.78 is 34.0. The molecule has 82 valence electrons. The molecule has 1 fully saturated rings. The molecule has 0 spiro atoms. The fourth-order valence-corrected chi connectivity index (χ4v) is 1.73. The lowest BCUT2D eigenvalue weighted by atomic mass is 10.1. The van der Waals surface area contributed by atoms with Crippen LogP contribution in [0.4, 0.5) is 13.2 Å². The lowest BCUT2D eigenvalue weighted by Crippen LogP contribution is -2.39. The van der Waals surface area contributed by atoms with Gasteiger partial charge >= 0.3 is 6.18 Å². The number of amides is 1. The Balaban J connectivity index is 2.46. The summed E-state index contributed by atoms with van der Waals surface area (Å²) in [6.07, 6.45) is -4.24. The molecule has 1 aliphatic rings. The van der Waals surface area contributed by atoms with E-state index < -0.39 is 28.4 Å². The lowest BCUT2D eigenvalue weighted by molar-refractivity contribution is -0.141. The van der Waals surface area contributed by atoms with Crippen molar-refractivity contribution >= 4 is 29.1 Å². The summed E-state index contributed by atoms with van der Waals surface area (Å²) in [6.45, 7) is 0.0734. The topological polar surface area (TPSA) is 29.1 Å². The Morgan fingerprint density at radius 3 is 2.21 bits per heavy atom. The van der Waals surface area contributed by atoms with Gasteiger partial charge in [-0.15, -0.1) is 23.2 Å². The molecule has 1 aliphatic carbocycles. The summed E-state index contributed by atoms with van der Waals surface area (Å²) in [4.78, 5) is 11.2. The molecule has 1 rings (SSSR count). The minimum Gasteiger partial charge on any atom is -0.346 e. The van der Waals surface area contributed by atoms with Crippen molar-refractivity contribution in [2.24, 2.45) is 5.41 Å². The van der Waals surface area contributed by atoms with Crippen molar-refractivity contribution in [1.29, 1.82) is 0 Å². The number of carbonyl (C=O) groups is 1. The predicted octanol–water partition coefficient (Wildman–Crippen LogP) is 2.25. The second kappa shape index (κ2) is 3.17. The van der Waals surface area contributed by atoms with Crippen LogP contribution in [0.3, 0.4) is 0 Å². The van der Waals surface area contributed by atoms with E-state index >= 15 is 0 Å². The van der Waals surface area contributed by atoms with Gasteiger partial charge in [0.15, 0.2) is 0 Å². The van der Waals surface area contributed by atoms with Gasteiger partial charge in [-0.2, -0.15) is 13.2 Å². The summed E-state index contributed by atoms with van der Waals surface area (Å²) >= 11 is 11.2. The highest BCUT2D eigenvalue weighted by atomic mass is 35.5. The zero-order valence-corrected chi connectivity index (χ0v) is 8.72. The highest BCUT2D eigenvalue weighted by Gasteiger charge is 2.68. The first-order valence-electron chi connectivity index (χ1n) is 3.81. The average molecular weight is 250 g/mol. The predicted molar refractivity (Wildman–Crippen MR) is 46.2 cm³/mol. The SMILES string of the molecule is CC1(C(=O)NCC(F)(F)F)CC1(Cl)Cl. The van der Waals surface area contributed by atoms with Crippen molar-refractivity contribution in [3.05, 3.63) is 0 Å². The zero-order chi connectivity index (χ0) is 11.2. The number of nitrogens with one attached hydrogen (secondary N) is 1. The standard InChI is InChI=1S/C7H8Cl2F3NO/c1-5(2-6(5,8)9)4(14)13-3-7(10,11)12/h2-3H2,1H3,(H,13,14). The number of hydrogen-bond acceptors (Lipinski definition) is 1. The Hall–Kier alpha value is -0.160. The highest BCUT2D eigenvalue weighted by Crippen LogP contribution is 2.63. The van der Waals surface area contributed by atoms with Crippen LogP contribution in [0.5, 0.6) is 0 Å². The molecule has 0 saturated heterocycles. The Bertz CT molecular complexity index is 266. The molecule has 1 unspecified atom stereocenters. The van der Waals surface area contributed by atoms with Gasteiger partial charge in [0.1, 0.15) is 10.9 Å². The van der Waals surface area contributed by atoms with Gasteiger partial charge in [-0.25, -0.2) is 0 Å². The van der Waals surface area contributed by atoms with E-state index in [1.54, 1.807) is 5.32 Å². The van der Waals surface area contributed by atoms with E-state index in [4.69, 9.17) is 23.2 Å². The minimum atomic E-state index is -4.41. The summed E-state index contributed by atoms with van der Waals surface area (Å²) in [5, 5.41) is 1.75. The molecule has 0 aromatic rings. The van der Waals surface area contributed by atoms with Crippen molar-refractivity contribution < 1.29 is 18.0 Å². The third kappa shape index (κ3) is 2.25. The van der Waals surface area contributed by atoms with E-state index in [1.165, 1.54) is 6.92 Å². The Kier molecular flexibility index (Phi) is 2.69. The molecule has 1 atom stereocenters. The normalized spacial score (nSPS) is 29.9. The summed E-state index contributed by atoms with van der Waals surface area (Å²) in [7, 11) is 0. The van der Waals surface area contributed by atoms with Crippen LogP contribution < -0.4 is 5.32 Å². The van der Waals surface area contributed by atoms with Gasteiger partial charge < -0.3 is 5.32 Å². The van der Waals surface area contributed by atoms with Crippen molar-refractivity contribution in [3.8, 4) is 0 Å². The van der Waals surface area contributed by atoms with E-state index in [-0.39, 0.29) is 6.42 Å². The molecule has 1 saturated carbocycles. The molecule has 0 bridgehead atoms. The van der Waals surface area contributed by atoms with Crippen LogP contribution in [0, 0.1) is 5.41 Å². The quantitative estimate of drug-likeness (QED) is 0.748. The molecule has 2 nitrogen and oxygen atoms in total. The summed E-state index contributed by atoms with van der Waals surface area (Å²) in [5.74, 6) is -0.764. The number of hydrogen-bond donors (Lipinski definition) is 1. The van der Waals surface area contributed by atoms with Gasteiger partial charge in [0.05, 0.1) is 5.41 Å². The fourth-order valence-electron chi connectivity index (χ4n) is 1.02. The molecular formula is C7H8Cl2F3NO. The first-order valence-corrected chi connectivity index (χ1v) is 4.57. The molecule has 1 amide bonds. The molecule has 0 radical (unpaired) electrons. The van der Waals surface area contributed by atoms with E-state index in [0.717, 1.165) is 0 Å². The second-order valence-corrected chi connectivity index (χ2v) is 5.00. The molecule has 0 heterocycles. The molecule has 0 aliphatic heterocycles. The lowest BCUT2D eigenvalue weighted by Gasteiger charge is -2.13. The fraction of sp³-hybridized carbons (Fsp3) is 0.857. The first kappa shape index (κ1) is 11.9. The van der Waals surface area contributed by atoms with Crippen LogP contribution >= 0.6 is 23.2 Å².